The van der Waals surface area contributed by atoms with Gasteiger partial charge in [-0.25, -0.2) is 5.43 Å². The maximum atomic E-state index is 6.32. The van der Waals surface area contributed by atoms with Gasteiger partial charge in [-0.15, -0.1) is 0 Å². The maximum absolute atomic E-state index is 6.32. The molecule has 7 heteroatoms. The number of hydrazine groups is 1. The lowest BCUT2D eigenvalue weighted by Crippen LogP contribution is -2.32. The number of aryl methyl sites for hydroxylation is 2. The number of halogens is 1. The largest absolute Gasteiger partial charge is 0.466 e. The van der Waals surface area contributed by atoms with E-state index in [4.69, 9.17) is 21.9 Å². The predicted molar refractivity (Wildman–Crippen MR) is 83.1 cm³/mol. The van der Waals surface area contributed by atoms with E-state index in [-0.39, 0.29) is 6.04 Å². The third-order valence-electron chi connectivity index (χ3n) is 3.42. The number of nitrogens with two attached hydrogens (primary N) is 1. The molecule has 0 saturated carbocycles. The first-order chi connectivity index (χ1) is 9.93. The molecule has 2 aromatic rings. The summed E-state index contributed by atoms with van der Waals surface area (Å²) in [6.45, 7) is 5.44. The van der Waals surface area contributed by atoms with E-state index in [9.17, 15) is 0 Å². The molecule has 0 aliphatic heterocycles. The summed E-state index contributed by atoms with van der Waals surface area (Å²) in [5.41, 5.74) is 4.65. The van der Waals surface area contributed by atoms with E-state index >= 15 is 0 Å². The van der Waals surface area contributed by atoms with E-state index in [0.29, 0.717) is 5.02 Å². The molecule has 2 heterocycles. The first-order valence-electron chi connectivity index (χ1n) is 6.83. The quantitative estimate of drug-likeness (QED) is 0.629. The molecule has 1 unspecified atom stereocenters. The Hall–Kier alpha value is -1.34. The van der Waals surface area contributed by atoms with Gasteiger partial charge in [-0.1, -0.05) is 11.6 Å². The van der Waals surface area contributed by atoms with Crippen molar-refractivity contribution in [3.8, 4) is 0 Å². The summed E-state index contributed by atoms with van der Waals surface area (Å²) < 4.78 is 7.48. The molecule has 0 aliphatic rings. The van der Waals surface area contributed by atoms with Gasteiger partial charge in [0.05, 0.1) is 29.5 Å². The predicted octanol–water partition coefficient (Wildman–Crippen LogP) is 1.86. The molecule has 6 nitrogen and oxygen atoms in total. The van der Waals surface area contributed by atoms with Gasteiger partial charge in [0, 0.05) is 12.1 Å². The van der Waals surface area contributed by atoms with Crippen molar-refractivity contribution in [1.29, 1.82) is 0 Å². The molecule has 1 atom stereocenters. The zero-order chi connectivity index (χ0) is 15.6. The van der Waals surface area contributed by atoms with Crippen molar-refractivity contribution in [2.24, 2.45) is 5.84 Å². The summed E-state index contributed by atoms with van der Waals surface area (Å²) in [5, 5.41) is 4.94. The number of hydrogen-bond donors (Lipinski definition) is 2. The number of nitrogens with one attached hydrogen (secondary N) is 1. The molecule has 0 saturated heterocycles. The zero-order valence-corrected chi connectivity index (χ0v) is 13.6. The van der Waals surface area contributed by atoms with Crippen LogP contribution in [0.25, 0.3) is 0 Å². The van der Waals surface area contributed by atoms with Crippen molar-refractivity contribution in [3.63, 3.8) is 0 Å². The summed E-state index contributed by atoms with van der Waals surface area (Å²) in [7, 11) is 4.04. The monoisotopic (exact) mass is 311 g/mol. The van der Waals surface area contributed by atoms with Crippen LogP contribution in [0.3, 0.4) is 0 Å². The lowest BCUT2D eigenvalue weighted by Gasteiger charge is -2.19. The van der Waals surface area contributed by atoms with Crippen molar-refractivity contribution in [1.82, 2.24) is 20.1 Å². The summed E-state index contributed by atoms with van der Waals surface area (Å²) in [6.07, 6.45) is 1.65. The minimum atomic E-state index is -0.250. The Morgan fingerprint density at radius 1 is 1.48 bits per heavy atom. The number of hydrogen-bond acceptors (Lipinski definition) is 5. The van der Waals surface area contributed by atoms with Crippen LogP contribution >= 0.6 is 11.6 Å². The fourth-order valence-corrected chi connectivity index (χ4v) is 2.64. The second kappa shape index (κ2) is 6.62. The van der Waals surface area contributed by atoms with Crippen LogP contribution in [0, 0.1) is 13.8 Å². The SMILES string of the molecule is Cc1cc(C(NN)c2c(Cl)cnn2CCN(C)C)c(C)o1. The van der Waals surface area contributed by atoms with Gasteiger partial charge in [-0.3, -0.25) is 10.5 Å². The first kappa shape index (κ1) is 16.0. The van der Waals surface area contributed by atoms with E-state index < -0.39 is 0 Å². The Morgan fingerprint density at radius 3 is 2.71 bits per heavy atom. The molecule has 116 valence electrons. The normalized spacial score (nSPS) is 13.1. The lowest BCUT2D eigenvalue weighted by molar-refractivity contribution is 0.365. The molecule has 0 aromatic carbocycles. The standard InChI is InChI=1S/C14H22ClN5O/c1-9-7-11(10(2)21-9)13(18-16)14-12(15)8-17-20(14)6-5-19(3)4/h7-8,13,18H,5-6,16H2,1-4H3. The molecule has 2 aromatic heterocycles. The van der Waals surface area contributed by atoms with Crippen LogP contribution in [0.5, 0.6) is 0 Å². The van der Waals surface area contributed by atoms with Crippen LogP contribution in [-0.2, 0) is 6.54 Å². The second-order valence-electron chi connectivity index (χ2n) is 5.37. The van der Waals surface area contributed by atoms with Crippen molar-refractivity contribution < 1.29 is 4.42 Å². The van der Waals surface area contributed by atoms with Crippen LogP contribution in [0.15, 0.2) is 16.7 Å². The Labute approximate surface area is 129 Å². The number of furan rings is 1. The van der Waals surface area contributed by atoms with Crippen LogP contribution in [0.1, 0.15) is 28.8 Å². The highest BCUT2D eigenvalue weighted by atomic mass is 35.5. The van der Waals surface area contributed by atoms with Crippen LogP contribution in [-0.4, -0.2) is 35.3 Å². The highest BCUT2D eigenvalue weighted by Gasteiger charge is 2.24. The van der Waals surface area contributed by atoms with Crippen LogP contribution in [0.2, 0.25) is 5.02 Å². The average molecular weight is 312 g/mol. The Balaban J connectivity index is 2.38. The minimum absolute atomic E-state index is 0.250. The van der Waals surface area contributed by atoms with E-state index in [1.165, 1.54) is 0 Å². The van der Waals surface area contributed by atoms with Gasteiger partial charge in [0.25, 0.3) is 0 Å². The summed E-state index contributed by atoms with van der Waals surface area (Å²) in [4.78, 5) is 2.09. The number of nitrogens with zero attached hydrogens (tertiary/aromatic N) is 3. The Bertz CT molecular complexity index is 605. The Kier molecular flexibility index (Phi) is 5.05. The van der Waals surface area contributed by atoms with E-state index in [1.54, 1.807) is 6.20 Å². The summed E-state index contributed by atoms with van der Waals surface area (Å²) >= 11 is 6.32. The fourth-order valence-electron chi connectivity index (χ4n) is 2.38. The molecule has 2 rings (SSSR count). The van der Waals surface area contributed by atoms with Gasteiger partial charge >= 0.3 is 0 Å². The van der Waals surface area contributed by atoms with Gasteiger partial charge in [0.15, 0.2) is 0 Å². The molecule has 0 radical (unpaired) electrons. The van der Waals surface area contributed by atoms with E-state index in [2.05, 4.69) is 15.4 Å². The third kappa shape index (κ3) is 3.47. The second-order valence-corrected chi connectivity index (χ2v) is 5.78. The number of likely N-dealkylation sites (N-methyl/N-ethyl adjacent to an activating group) is 1. The van der Waals surface area contributed by atoms with Crippen molar-refractivity contribution in [2.75, 3.05) is 20.6 Å². The smallest absolute Gasteiger partial charge is 0.106 e. The van der Waals surface area contributed by atoms with Crippen molar-refractivity contribution in [3.05, 3.63) is 40.1 Å². The molecule has 0 amide bonds. The molecule has 21 heavy (non-hydrogen) atoms. The van der Waals surface area contributed by atoms with Gasteiger partial charge in [0.1, 0.15) is 11.5 Å². The van der Waals surface area contributed by atoms with Gasteiger partial charge in [0.2, 0.25) is 0 Å². The zero-order valence-electron chi connectivity index (χ0n) is 12.9. The van der Waals surface area contributed by atoms with E-state index in [1.807, 2.05) is 38.7 Å². The van der Waals surface area contributed by atoms with Gasteiger partial charge in [-0.05, 0) is 34.0 Å². The third-order valence-corrected chi connectivity index (χ3v) is 3.71. The average Bonchev–Trinajstić information content (AvgIpc) is 2.93. The van der Waals surface area contributed by atoms with E-state index in [0.717, 1.165) is 35.9 Å². The highest BCUT2D eigenvalue weighted by molar-refractivity contribution is 6.31. The van der Waals surface area contributed by atoms with Crippen LogP contribution < -0.4 is 11.3 Å². The number of rotatable bonds is 6. The molecule has 3 N–H and O–H groups in total. The summed E-state index contributed by atoms with van der Waals surface area (Å²) in [5.74, 6) is 7.44. The van der Waals surface area contributed by atoms with Crippen molar-refractivity contribution in [2.45, 2.75) is 26.4 Å². The lowest BCUT2D eigenvalue weighted by atomic mass is 10.0. The van der Waals surface area contributed by atoms with Gasteiger partial charge < -0.3 is 9.32 Å². The molecular formula is C14H22ClN5O. The topological polar surface area (TPSA) is 72.2 Å². The number of aromatic nitrogens is 2. The fraction of sp³-hybridized carbons (Fsp3) is 0.500. The maximum Gasteiger partial charge on any atom is 0.106 e. The molecule has 0 fully saturated rings. The minimum Gasteiger partial charge on any atom is -0.466 e. The molecular weight excluding hydrogens is 290 g/mol. The van der Waals surface area contributed by atoms with Crippen LogP contribution in [0.4, 0.5) is 0 Å². The first-order valence-corrected chi connectivity index (χ1v) is 7.20. The van der Waals surface area contributed by atoms with Gasteiger partial charge in [-0.2, -0.15) is 5.10 Å². The Morgan fingerprint density at radius 2 is 2.19 bits per heavy atom. The molecule has 0 spiro atoms. The summed E-state index contributed by atoms with van der Waals surface area (Å²) in [6, 6.07) is 1.72. The highest BCUT2D eigenvalue weighted by Crippen LogP contribution is 2.31. The molecule has 0 aliphatic carbocycles. The molecule has 0 bridgehead atoms. The van der Waals surface area contributed by atoms with Crippen molar-refractivity contribution >= 4 is 11.6 Å².